The normalized spacial score (nSPS) is 22.4. The predicted molar refractivity (Wildman–Crippen MR) is 94.2 cm³/mol. The van der Waals surface area contributed by atoms with Crippen molar-refractivity contribution in [2.45, 2.75) is 57.9 Å². The number of hydrogen-bond acceptors (Lipinski definition) is 7. The van der Waals surface area contributed by atoms with Crippen molar-refractivity contribution in [3.8, 4) is 0 Å². The monoisotopic (exact) mass is 334 g/mol. The standard InChI is InChI=1S/C16H26N6O2/c1-11-6-5-9-21(10-11)16-19-14(17)13(22(23)24)15(20-16)18-12-7-3-2-4-8-12/h11-12H,2-10H2,1H3,(H3,17,18,19,20)/t11-/m0/s1. The fourth-order valence-corrected chi connectivity index (χ4v) is 3.69. The van der Waals surface area contributed by atoms with E-state index in [0.29, 0.717) is 11.9 Å². The Labute approximate surface area is 142 Å². The third-order valence-electron chi connectivity index (χ3n) is 4.97. The SMILES string of the molecule is C[C@H]1CCCN(c2nc(N)c([N+](=O)[O-])c(NC3CCCCC3)n2)C1. The smallest absolute Gasteiger partial charge is 0.353 e. The van der Waals surface area contributed by atoms with Crippen LogP contribution in [0.3, 0.4) is 0 Å². The molecule has 0 amide bonds. The first-order valence-corrected chi connectivity index (χ1v) is 8.88. The highest BCUT2D eigenvalue weighted by Gasteiger charge is 2.28. The van der Waals surface area contributed by atoms with E-state index in [9.17, 15) is 10.1 Å². The van der Waals surface area contributed by atoms with E-state index < -0.39 is 4.92 Å². The molecule has 0 radical (unpaired) electrons. The Balaban J connectivity index is 1.89. The molecule has 1 saturated heterocycles. The number of nitrogens with two attached hydrogens (primary N) is 1. The van der Waals surface area contributed by atoms with E-state index in [1.54, 1.807) is 0 Å². The van der Waals surface area contributed by atoms with E-state index in [1.807, 2.05) is 0 Å². The molecule has 1 aliphatic carbocycles. The van der Waals surface area contributed by atoms with Crippen molar-refractivity contribution < 1.29 is 4.92 Å². The molecule has 3 N–H and O–H groups in total. The van der Waals surface area contributed by atoms with Gasteiger partial charge < -0.3 is 16.0 Å². The van der Waals surface area contributed by atoms with Gasteiger partial charge in [-0.05, 0) is 31.6 Å². The zero-order chi connectivity index (χ0) is 17.1. The third kappa shape index (κ3) is 3.68. The number of aromatic nitrogens is 2. The van der Waals surface area contributed by atoms with E-state index in [4.69, 9.17) is 5.73 Å². The summed E-state index contributed by atoms with van der Waals surface area (Å²) >= 11 is 0. The van der Waals surface area contributed by atoms with Crippen LogP contribution in [-0.4, -0.2) is 34.0 Å². The lowest BCUT2D eigenvalue weighted by atomic mass is 9.95. The van der Waals surface area contributed by atoms with Crippen LogP contribution in [0.25, 0.3) is 0 Å². The molecular weight excluding hydrogens is 308 g/mol. The number of nitrogens with one attached hydrogen (secondary N) is 1. The number of rotatable bonds is 4. The molecular formula is C16H26N6O2. The Kier molecular flexibility index (Phi) is 5.01. The third-order valence-corrected chi connectivity index (χ3v) is 4.97. The number of anilines is 3. The Hall–Kier alpha value is -2.12. The predicted octanol–water partition coefficient (Wildman–Crippen LogP) is 2.95. The maximum absolute atomic E-state index is 11.4. The topological polar surface area (TPSA) is 110 Å². The molecule has 0 aromatic carbocycles. The summed E-state index contributed by atoms with van der Waals surface area (Å²) in [5, 5.41) is 14.7. The Morgan fingerprint density at radius 2 is 1.96 bits per heavy atom. The van der Waals surface area contributed by atoms with Gasteiger partial charge in [-0.2, -0.15) is 9.97 Å². The molecule has 132 valence electrons. The van der Waals surface area contributed by atoms with Crippen LogP contribution < -0.4 is 16.0 Å². The van der Waals surface area contributed by atoms with E-state index in [-0.39, 0.29) is 23.4 Å². The van der Waals surface area contributed by atoms with Gasteiger partial charge in [0.1, 0.15) is 0 Å². The van der Waals surface area contributed by atoms with Gasteiger partial charge in [0.2, 0.25) is 17.6 Å². The van der Waals surface area contributed by atoms with Crippen molar-refractivity contribution in [2.75, 3.05) is 29.0 Å². The van der Waals surface area contributed by atoms with E-state index in [2.05, 4.69) is 27.1 Å². The van der Waals surface area contributed by atoms with Crippen molar-refractivity contribution in [2.24, 2.45) is 5.92 Å². The second kappa shape index (κ2) is 7.19. The van der Waals surface area contributed by atoms with Crippen LogP contribution in [0.15, 0.2) is 0 Å². The summed E-state index contributed by atoms with van der Waals surface area (Å²) in [5.74, 6) is 1.28. The number of nitrogen functional groups attached to an aromatic ring is 1. The first kappa shape index (κ1) is 16.7. The van der Waals surface area contributed by atoms with Gasteiger partial charge in [-0.1, -0.05) is 26.2 Å². The largest absolute Gasteiger partial charge is 0.378 e. The van der Waals surface area contributed by atoms with Gasteiger partial charge >= 0.3 is 5.69 Å². The van der Waals surface area contributed by atoms with Crippen molar-refractivity contribution in [1.29, 1.82) is 0 Å². The van der Waals surface area contributed by atoms with Crippen LogP contribution in [0, 0.1) is 16.0 Å². The quantitative estimate of drug-likeness (QED) is 0.643. The van der Waals surface area contributed by atoms with Crippen molar-refractivity contribution in [3.63, 3.8) is 0 Å². The maximum Gasteiger partial charge on any atom is 0.353 e. The molecule has 1 aliphatic heterocycles. The molecule has 1 saturated carbocycles. The Morgan fingerprint density at radius 1 is 1.21 bits per heavy atom. The fraction of sp³-hybridized carbons (Fsp3) is 0.750. The second-order valence-electron chi connectivity index (χ2n) is 7.04. The van der Waals surface area contributed by atoms with Gasteiger partial charge in [-0.25, -0.2) is 0 Å². The summed E-state index contributed by atoms with van der Waals surface area (Å²) in [6, 6.07) is 0.222. The minimum atomic E-state index is -0.483. The Bertz CT molecular complexity index is 602. The summed E-state index contributed by atoms with van der Waals surface area (Å²) in [4.78, 5) is 21.7. The summed E-state index contributed by atoms with van der Waals surface area (Å²) in [6.45, 7) is 3.92. The lowest BCUT2D eigenvalue weighted by Crippen LogP contribution is -2.36. The number of piperidine rings is 1. The average molecular weight is 334 g/mol. The first-order valence-electron chi connectivity index (χ1n) is 8.88. The zero-order valence-corrected chi connectivity index (χ0v) is 14.2. The summed E-state index contributed by atoms with van der Waals surface area (Å²) in [5.41, 5.74) is 5.71. The molecule has 1 atom stereocenters. The van der Waals surface area contributed by atoms with Crippen molar-refractivity contribution in [1.82, 2.24) is 9.97 Å². The Morgan fingerprint density at radius 3 is 2.62 bits per heavy atom. The molecule has 1 aromatic heterocycles. The molecule has 8 nitrogen and oxygen atoms in total. The van der Waals surface area contributed by atoms with Gasteiger partial charge in [0.25, 0.3) is 0 Å². The van der Waals surface area contributed by atoms with E-state index in [1.165, 1.54) is 12.8 Å². The molecule has 8 heteroatoms. The zero-order valence-electron chi connectivity index (χ0n) is 14.2. The van der Waals surface area contributed by atoms with Crippen molar-refractivity contribution >= 4 is 23.3 Å². The lowest BCUT2D eigenvalue weighted by Gasteiger charge is -2.31. The summed E-state index contributed by atoms with van der Waals surface area (Å²) in [7, 11) is 0. The fourth-order valence-electron chi connectivity index (χ4n) is 3.69. The highest BCUT2D eigenvalue weighted by Crippen LogP contribution is 2.33. The van der Waals surface area contributed by atoms with Gasteiger partial charge in [0.15, 0.2) is 0 Å². The van der Waals surface area contributed by atoms with E-state index >= 15 is 0 Å². The summed E-state index contributed by atoms with van der Waals surface area (Å²) < 4.78 is 0. The lowest BCUT2D eigenvalue weighted by molar-refractivity contribution is -0.383. The van der Waals surface area contributed by atoms with Crippen LogP contribution in [0.2, 0.25) is 0 Å². The minimum Gasteiger partial charge on any atom is -0.378 e. The molecule has 24 heavy (non-hydrogen) atoms. The molecule has 1 aromatic rings. The van der Waals surface area contributed by atoms with Crippen LogP contribution in [0.1, 0.15) is 51.9 Å². The van der Waals surface area contributed by atoms with Crippen LogP contribution in [0.5, 0.6) is 0 Å². The number of nitrogens with zero attached hydrogens (tertiary/aromatic N) is 4. The van der Waals surface area contributed by atoms with Gasteiger partial charge in [0, 0.05) is 19.1 Å². The molecule has 3 rings (SSSR count). The van der Waals surface area contributed by atoms with Gasteiger partial charge in [-0.15, -0.1) is 0 Å². The summed E-state index contributed by atoms with van der Waals surface area (Å²) in [6.07, 6.45) is 7.79. The highest BCUT2D eigenvalue weighted by atomic mass is 16.6. The molecule has 2 heterocycles. The van der Waals surface area contributed by atoms with Gasteiger partial charge in [0.05, 0.1) is 4.92 Å². The van der Waals surface area contributed by atoms with E-state index in [0.717, 1.165) is 45.2 Å². The molecule has 2 aliphatic rings. The molecule has 2 fully saturated rings. The number of hydrogen-bond donors (Lipinski definition) is 2. The highest BCUT2D eigenvalue weighted by molar-refractivity contribution is 5.70. The maximum atomic E-state index is 11.4. The average Bonchev–Trinajstić information content (AvgIpc) is 2.55. The second-order valence-corrected chi connectivity index (χ2v) is 7.04. The van der Waals surface area contributed by atoms with Crippen LogP contribution in [0.4, 0.5) is 23.3 Å². The minimum absolute atomic E-state index is 0.0541. The molecule has 0 bridgehead atoms. The molecule has 0 spiro atoms. The first-order chi connectivity index (χ1) is 11.5. The van der Waals surface area contributed by atoms with Crippen LogP contribution in [-0.2, 0) is 0 Å². The van der Waals surface area contributed by atoms with Gasteiger partial charge in [-0.3, -0.25) is 10.1 Å². The van der Waals surface area contributed by atoms with Crippen LogP contribution >= 0.6 is 0 Å². The molecule has 0 unspecified atom stereocenters. The van der Waals surface area contributed by atoms with Crippen molar-refractivity contribution in [3.05, 3.63) is 10.1 Å². The number of nitro groups is 1.